The zero-order valence-corrected chi connectivity index (χ0v) is 14.4. The number of nitrogens with one attached hydrogen (secondary N) is 1. The summed E-state index contributed by atoms with van der Waals surface area (Å²) in [7, 11) is 0. The molecule has 0 saturated carbocycles. The molecular weight excluding hydrogens is 324 g/mol. The number of anilines is 2. The van der Waals surface area contributed by atoms with Crippen molar-refractivity contribution in [2.45, 2.75) is 6.54 Å². The van der Waals surface area contributed by atoms with E-state index in [4.69, 9.17) is 0 Å². The molecule has 3 rings (SSSR count). The molecule has 1 aromatic heterocycles. The molecule has 26 heavy (non-hydrogen) atoms. The number of carbonyl (C=O) groups is 1. The molecule has 0 spiro atoms. The van der Waals surface area contributed by atoms with Crippen LogP contribution >= 0.6 is 0 Å². The molecule has 0 aliphatic carbocycles. The Morgan fingerprint density at radius 3 is 2.31 bits per heavy atom. The maximum Gasteiger partial charge on any atom is 0.271 e. The van der Waals surface area contributed by atoms with Crippen LogP contribution in [0.2, 0.25) is 0 Å². The topological polar surface area (TPSA) is 58.1 Å². The molecule has 0 unspecified atom stereocenters. The summed E-state index contributed by atoms with van der Waals surface area (Å²) in [6.07, 6.45) is 4.74. The van der Waals surface area contributed by atoms with Gasteiger partial charge in [-0.15, -0.1) is 6.58 Å². The first-order chi connectivity index (χ1) is 12.8. The number of carbonyl (C=O) groups excluding carboxylic acids is 1. The van der Waals surface area contributed by atoms with Crippen molar-refractivity contribution in [1.29, 1.82) is 0 Å². The largest absolute Gasteiger partial charge is 0.347 e. The molecule has 130 valence electrons. The minimum absolute atomic E-state index is 0.265. The number of rotatable bonds is 7. The highest BCUT2D eigenvalue weighted by Gasteiger charge is 2.13. The van der Waals surface area contributed by atoms with Gasteiger partial charge in [-0.05, 0) is 17.7 Å². The average Bonchev–Trinajstić information content (AvgIpc) is 2.72. The van der Waals surface area contributed by atoms with Gasteiger partial charge < -0.3 is 10.2 Å². The first kappa shape index (κ1) is 17.4. The standard InChI is InChI=1S/C21H20N4O/c1-2-13-22-21(26)19-14-24-20(15-23-19)25(18-11-7-4-8-12-18)16-17-9-5-3-6-10-17/h2-12,14-15H,1,13,16H2,(H,22,26). The molecule has 0 atom stereocenters. The van der Waals surface area contributed by atoms with Crippen LogP contribution in [0.25, 0.3) is 0 Å². The van der Waals surface area contributed by atoms with Crippen molar-refractivity contribution < 1.29 is 4.79 Å². The van der Waals surface area contributed by atoms with Crippen molar-refractivity contribution in [3.63, 3.8) is 0 Å². The smallest absolute Gasteiger partial charge is 0.271 e. The van der Waals surface area contributed by atoms with E-state index in [1.54, 1.807) is 12.3 Å². The predicted octanol–water partition coefficient (Wildman–Crippen LogP) is 3.73. The number of aromatic nitrogens is 2. The summed E-state index contributed by atoms with van der Waals surface area (Å²) in [5.41, 5.74) is 2.45. The van der Waals surface area contributed by atoms with Gasteiger partial charge in [-0.3, -0.25) is 4.79 Å². The molecule has 0 radical (unpaired) electrons. The van der Waals surface area contributed by atoms with Crippen molar-refractivity contribution in [3.05, 3.63) is 97.0 Å². The van der Waals surface area contributed by atoms with Crippen LogP contribution in [0.5, 0.6) is 0 Å². The molecule has 0 saturated heterocycles. The minimum atomic E-state index is -0.265. The number of amides is 1. The monoisotopic (exact) mass is 344 g/mol. The summed E-state index contributed by atoms with van der Waals surface area (Å²) >= 11 is 0. The van der Waals surface area contributed by atoms with E-state index in [9.17, 15) is 4.79 Å². The molecule has 3 aromatic rings. The number of hydrogen-bond acceptors (Lipinski definition) is 4. The van der Waals surface area contributed by atoms with Crippen LogP contribution < -0.4 is 10.2 Å². The second-order valence-corrected chi connectivity index (χ2v) is 5.67. The lowest BCUT2D eigenvalue weighted by Crippen LogP contribution is -2.25. The lowest BCUT2D eigenvalue weighted by Gasteiger charge is -2.23. The average molecular weight is 344 g/mol. The van der Waals surface area contributed by atoms with Gasteiger partial charge in [0.25, 0.3) is 5.91 Å². The molecule has 0 aliphatic rings. The van der Waals surface area contributed by atoms with Crippen LogP contribution in [0.15, 0.2) is 85.7 Å². The fraction of sp³-hybridized carbons (Fsp3) is 0.0952. The van der Waals surface area contributed by atoms with Crippen LogP contribution in [0.1, 0.15) is 16.1 Å². The van der Waals surface area contributed by atoms with Gasteiger partial charge in [0.2, 0.25) is 0 Å². The fourth-order valence-corrected chi connectivity index (χ4v) is 2.51. The zero-order chi connectivity index (χ0) is 18.2. The molecule has 2 aromatic carbocycles. The van der Waals surface area contributed by atoms with Crippen molar-refractivity contribution in [3.8, 4) is 0 Å². The van der Waals surface area contributed by atoms with Crippen molar-refractivity contribution in [1.82, 2.24) is 15.3 Å². The molecule has 1 N–H and O–H groups in total. The van der Waals surface area contributed by atoms with E-state index in [2.05, 4.69) is 38.9 Å². The van der Waals surface area contributed by atoms with Gasteiger partial charge in [0.15, 0.2) is 5.82 Å². The number of hydrogen-bond donors (Lipinski definition) is 1. The molecule has 0 aliphatic heterocycles. The summed E-state index contributed by atoms with van der Waals surface area (Å²) in [6.45, 7) is 4.63. The highest BCUT2D eigenvalue weighted by Crippen LogP contribution is 2.25. The SMILES string of the molecule is C=CCNC(=O)c1cnc(N(Cc2ccccc2)c2ccccc2)cn1. The van der Waals surface area contributed by atoms with Gasteiger partial charge in [-0.1, -0.05) is 54.6 Å². The highest BCUT2D eigenvalue weighted by molar-refractivity contribution is 5.92. The van der Waals surface area contributed by atoms with E-state index >= 15 is 0 Å². The third-order valence-corrected chi connectivity index (χ3v) is 3.81. The van der Waals surface area contributed by atoms with Crippen LogP contribution in [0.4, 0.5) is 11.5 Å². The molecule has 1 amide bonds. The van der Waals surface area contributed by atoms with E-state index in [1.165, 1.54) is 6.20 Å². The first-order valence-electron chi connectivity index (χ1n) is 8.35. The molecule has 1 heterocycles. The normalized spacial score (nSPS) is 10.2. The summed E-state index contributed by atoms with van der Waals surface area (Å²) in [5.74, 6) is 0.415. The van der Waals surface area contributed by atoms with Crippen LogP contribution in [0.3, 0.4) is 0 Å². The van der Waals surface area contributed by atoms with Gasteiger partial charge in [0.05, 0.1) is 12.4 Å². The van der Waals surface area contributed by atoms with Gasteiger partial charge in [0.1, 0.15) is 5.69 Å². The Hall–Kier alpha value is -3.47. The minimum Gasteiger partial charge on any atom is -0.347 e. The van der Waals surface area contributed by atoms with Crippen molar-refractivity contribution in [2.75, 3.05) is 11.4 Å². The number of nitrogens with zero attached hydrogens (tertiary/aromatic N) is 3. The molecule has 0 fully saturated rings. The Morgan fingerprint density at radius 2 is 1.69 bits per heavy atom. The van der Waals surface area contributed by atoms with Gasteiger partial charge >= 0.3 is 0 Å². The van der Waals surface area contributed by atoms with E-state index in [1.807, 2.05) is 48.5 Å². The Kier molecular flexibility index (Phi) is 5.72. The number of para-hydroxylation sites is 1. The maximum absolute atomic E-state index is 12.0. The molecule has 0 bridgehead atoms. The van der Waals surface area contributed by atoms with Crippen LogP contribution in [-0.4, -0.2) is 22.4 Å². The maximum atomic E-state index is 12.0. The quantitative estimate of drug-likeness (QED) is 0.664. The van der Waals surface area contributed by atoms with Gasteiger partial charge in [0, 0.05) is 18.8 Å². The fourth-order valence-electron chi connectivity index (χ4n) is 2.51. The van der Waals surface area contributed by atoms with Crippen LogP contribution in [0, 0.1) is 0 Å². The lowest BCUT2D eigenvalue weighted by molar-refractivity contribution is 0.0952. The van der Waals surface area contributed by atoms with Crippen molar-refractivity contribution in [2.24, 2.45) is 0 Å². The highest BCUT2D eigenvalue weighted by atomic mass is 16.1. The zero-order valence-electron chi connectivity index (χ0n) is 14.4. The third-order valence-electron chi connectivity index (χ3n) is 3.81. The van der Waals surface area contributed by atoms with E-state index in [-0.39, 0.29) is 11.6 Å². The first-order valence-corrected chi connectivity index (χ1v) is 8.35. The second kappa shape index (κ2) is 8.58. The summed E-state index contributed by atoms with van der Waals surface area (Å²) in [5, 5.41) is 2.70. The molecule has 5 heteroatoms. The Bertz CT molecular complexity index is 848. The Labute approximate surface area is 153 Å². The lowest BCUT2D eigenvalue weighted by atomic mass is 10.2. The van der Waals surface area contributed by atoms with Gasteiger partial charge in [-0.2, -0.15) is 0 Å². The third kappa shape index (κ3) is 4.33. The summed E-state index contributed by atoms with van der Waals surface area (Å²) in [6, 6.07) is 20.1. The van der Waals surface area contributed by atoms with Crippen LogP contribution in [-0.2, 0) is 6.54 Å². The van der Waals surface area contributed by atoms with E-state index in [0.29, 0.717) is 18.9 Å². The Balaban J connectivity index is 1.87. The van der Waals surface area contributed by atoms with Gasteiger partial charge in [-0.25, -0.2) is 9.97 Å². The van der Waals surface area contributed by atoms with E-state index in [0.717, 1.165) is 11.3 Å². The van der Waals surface area contributed by atoms with E-state index < -0.39 is 0 Å². The second-order valence-electron chi connectivity index (χ2n) is 5.67. The molecule has 5 nitrogen and oxygen atoms in total. The molecular formula is C21H20N4O. The summed E-state index contributed by atoms with van der Waals surface area (Å²) < 4.78 is 0. The Morgan fingerprint density at radius 1 is 1.00 bits per heavy atom. The predicted molar refractivity (Wildman–Crippen MR) is 103 cm³/mol. The summed E-state index contributed by atoms with van der Waals surface area (Å²) in [4.78, 5) is 22.8. The number of benzene rings is 2. The van der Waals surface area contributed by atoms with Crippen molar-refractivity contribution >= 4 is 17.4 Å².